The van der Waals surface area contributed by atoms with Crippen LogP contribution >= 0.6 is 0 Å². The zero-order chi connectivity index (χ0) is 17.5. The van der Waals surface area contributed by atoms with Crippen molar-refractivity contribution in [2.75, 3.05) is 12.9 Å². The van der Waals surface area contributed by atoms with Crippen LogP contribution in [0.15, 0.2) is 47.4 Å². The van der Waals surface area contributed by atoms with Gasteiger partial charge in [-0.25, -0.2) is 22.0 Å². The van der Waals surface area contributed by atoms with E-state index in [2.05, 4.69) is 0 Å². The molecule has 0 aliphatic carbocycles. The van der Waals surface area contributed by atoms with E-state index in [9.17, 15) is 22.0 Å². The van der Waals surface area contributed by atoms with Gasteiger partial charge in [0, 0.05) is 17.9 Å². The van der Waals surface area contributed by atoms with Crippen molar-refractivity contribution in [2.45, 2.75) is 4.90 Å². The summed E-state index contributed by atoms with van der Waals surface area (Å²) in [7, 11) is -3.34. The molecule has 0 fully saturated rings. The third-order valence-electron chi connectivity index (χ3n) is 3.64. The summed E-state index contributed by atoms with van der Waals surface area (Å²) in [5.74, 6) is -2.28. The molecule has 0 unspecified atom stereocenters. The van der Waals surface area contributed by atoms with Gasteiger partial charge in [-0.05, 0) is 35.4 Å². The van der Waals surface area contributed by atoms with E-state index in [0.717, 1.165) is 18.4 Å². The Balaban J connectivity index is 2.13. The lowest BCUT2D eigenvalue weighted by molar-refractivity contribution is -0.133. The number of carbonyl (C=O) groups excluding carboxylic acids is 1. The standard InChI is InChI=1S/C17H12F2O4S/c1-24(21,22)14-4-2-10(3-5-14)15-9-23-17(20)16(15)11-6-12(18)8-13(19)7-11/h2-8H,9H2,1H3. The minimum atomic E-state index is -3.34. The number of ether oxygens (including phenoxy) is 1. The van der Waals surface area contributed by atoms with E-state index in [1.54, 1.807) is 0 Å². The summed E-state index contributed by atoms with van der Waals surface area (Å²) in [4.78, 5) is 12.1. The van der Waals surface area contributed by atoms with E-state index in [4.69, 9.17) is 4.74 Å². The van der Waals surface area contributed by atoms with Gasteiger partial charge in [0.25, 0.3) is 0 Å². The molecule has 0 saturated heterocycles. The van der Waals surface area contributed by atoms with Crippen molar-refractivity contribution in [3.05, 3.63) is 65.2 Å². The Morgan fingerprint density at radius 2 is 1.54 bits per heavy atom. The summed E-state index contributed by atoms with van der Waals surface area (Å²) in [5.41, 5.74) is 1.15. The van der Waals surface area contributed by atoms with Gasteiger partial charge in [-0.1, -0.05) is 12.1 Å². The van der Waals surface area contributed by atoms with Crippen molar-refractivity contribution in [1.82, 2.24) is 0 Å². The van der Waals surface area contributed by atoms with Gasteiger partial charge in [-0.3, -0.25) is 0 Å². The number of cyclic esters (lactones) is 1. The lowest BCUT2D eigenvalue weighted by Crippen LogP contribution is -2.00. The van der Waals surface area contributed by atoms with E-state index in [0.29, 0.717) is 17.2 Å². The SMILES string of the molecule is CS(=O)(=O)c1ccc(C2=C(c3cc(F)cc(F)c3)C(=O)OC2)cc1. The molecule has 1 aliphatic rings. The van der Waals surface area contributed by atoms with Crippen LogP contribution in [-0.2, 0) is 19.4 Å². The van der Waals surface area contributed by atoms with E-state index < -0.39 is 27.4 Å². The summed E-state index contributed by atoms with van der Waals surface area (Å²) < 4.78 is 54.9. The normalized spacial score (nSPS) is 14.9. The topological polar surface area (TPSA) is 60.4 Å². The largest absolute Gasteiger partial charge is 0.457 e. The Hall–Kier alpha value is -2.54. The van der Waals surface area contributed by atoms with Gasteiger partial charge in [0.05, 0.1) is 10.5 Å². The van der Waals surface area contributed by atoms with E-state index in [1.165, 1.54) is 24.3 Å². The molecule has 0 aromatic heterocycles. The first-order valence-electron chi connectivity index (χ1n) is 6.93. The molecule has 4 nitrogen and oxygen atoms in total. The summed E-state index contributed by atoms with van der Waals surface area (Å²) in [6, 6.07) is 8.69. The van der Waals surface area contributed by atoms with Crippen LogP contribution in [0.4, 0.5) is 8.78 Å². The number of benzene rings is 2. The Bertz CT molecular complexity index is 940. The maximum absolute atomic E-state index is 13.4. The van der Waals surface area contributed by atoms with Crippen LogP contribution in [0, 0.1) is 11.6 Å². The number of esters is 1. The van der Waals surface area contributed by atoms with Crippen LogP contribution < -0.4 is 0 Å². The van der Waals surface area contributed by atoms with Crippen LogP contribution in [0.5, 0.6) is 0 Å². The Morgan fingerprint density at radius 3 is 2.08 bits per heavy atom. The summed E-state index contributed by atoms with van der Waals surface area (Å²) in [6.45, 7) is -0.0511. The van der Waals surface area contributed by atoms with E-state index in [1.807, 2.05) is 0 Å². The molecule has 2 aromatic carbocycles. The number of carbonyl (C=O) groups is 1. The molecule has 0 amide bonds. The predicted molar refractivity (Wildman–Crippen MR) is 83.7 cm³/mol. The zero-order valence-electron chi connectivity index (χ0n) is 12.5. The second kappa shape index (κ2) is 5.83. The average Bonchev–Trinajstić information content (AvgIpc) is 2.87. The second-order valence-electron chi connectivity index (χ2n) is 5.38. The molecule has 0 atom stereocenters. The Morgan fingerprint density at radius 1 is 0.958 bits per heavy atom. The fourth-order valence-electron chi connectivity index (χ4n) is 2.53. The smallest absolute Gasteiger partial charge is 0.339 e. The molecule has 7 heteroatoms. The summed E-state index contributed by atoms with van der Waals surface area (Å²) in [5, 5.41) is 0. The molecule has 2 aromatic rings. The molecule has 124 valence electrons. The molecule has 24 heavy (non-hydrogen) atoms. The maximum Gasteiger partial charge on any atom is 0.339 e. The highest BCUT2D eigenvalue weighted by atomic mass is 32.2. The molecular formula is C17H12F2O4S. The fourth-order valence-corrected chi connectivity index (χ4v) is 3.16. The molecule has 3 rings (SSSR count). The Kier molecular flexibility index (Phi) is 3.96. The fraction of sp³-hybridized carbons (Fsp3) is 0.118. The van der Waals surface area contributed by atoms with Crippen molar-refractivity contribution in [3.63, 3.8) is 0 Å². The summed E-state index contributed by atoms with van der Waals surface area (Å²) in [6.07, 6.45) is 1.09. The van der Waals surface area contributed by atoms with Gasteiger partial charge < -0.3 is 4.74 Å². The number of halogens is 2. The zero-order valence-corrected chi connectivity index (χ0v) is 13.4. The Labute approximate surface area is 137 Å². The number of hydrogen-bond acceptors (Lipinski definition) is 4. The van der Waals surface area contributed by atoms with Gasteiger partial charge in [-0.2, -0.15) is 0 Å². The van der Waals surface area contributed by atoms with Gasteiger partial charge in [0.1, 0.15) is 18.2 Å². The van der Waals surface area contributed by atoms with Crippen LogP contribution in [-0.4, -0.2) is 27.2 Å². The molecule has 0 radical (unpaired) electrons. The highest BCUT2D eigenvalue weighted by molar-refractivity contribution is 7.90. The van der Waals surface area contributed by atoms with Crippen molar-refractivity contribution >= 4 is 27.0 Å². The quantitative estimate of drug-likeness (QED) is 0.799. The molecule has 1 aliphatic heterocycles. The van der Waals surface area contributed by atoms with Crippen LogP contribution in [0.25, 0.3) is 11.1 Å². The first-order chi connectivity index (χ1) is 11.3. The lowest BCUT2D eigenvalue weighted by Gasteiger charge is -2.06. The van der Waals surface area contributed by atoms with Gasteiger partial charge >= 0.3 is 5.97 Å². The lowest BCUT2D eigenvalue weighted by atomic mass is 9.96. The molecular weight excluding hydrogens is 338 g/mol. The van der Waals surface area contributed by atoms with Crippen molar-refractivity contribution < 1.29 is 26.7 Å². The van der Waals surface area contributed by atoms with E-state index >= 15 is 0 Å². The first kappa shape index (κ1) is 16.3. The molecule has 0 N–H and O–H groups in total. The van der Waals surface area contributed by atoms with Crippen molar-refractivity contribution in [3.8, 4) is 0 Å². The van der Waals surface area contributed by atoms with Crippen LogP contribution in [0.2, 0.25) is 0 Å². The van der Waals surface area contributed by atoms with Crippen molar-refractivity contribution in [1.29, 1.82) is 0 Å². The molecule has 0 bridgehead atoms. The highest BCUT2D eigenvalue weighted by Gasteiger charge is 2.28. The van der Waals surface area contributed by atoms with Crippen LogP contribution in [0.1, 0.15) is 11.1 Å². The molecule has 0 saturated carbocycles. The number of hydrogen-bond donors (Lipinski definition) is 0. The van der Waals surface area contributed by atoms with Crippen molar-refractivity contribution in [2.24, 2.45) is 0 Å². The van der Waals surface area contributed by atoms with E-state index in [-0.39, 0.29) is 22.6 Å². The van der Waals surface area contributed by atoms with Gasteiger partial charge in [0.2, 0.25) is 0 Å². The second-order valence-corrected chi connectivity index (χ2v) is 7.40. The minimum Gasteiger partial charge on any atom is -0.457 e. The average molecular weight is 350 g/mol. The van der Waals surface area contributed by atoms with Gasteiger partial charge in [-0.15, -0.1) is 0 Å². The third kappa shape index (κ3) is 3.07. The predicted octanol–water partition coefficient (Wildman–Crippen LogP) is 2.84. The maximum atomic E-state index is 13.4. The van der Waals surface area contributed by atoms with Gasteiger partial charge in [0.15, 0.2) is 9.84 Å². The first-order valence-corrected chi connectivity index (χ1v) is 8.82. The minimum absolute atomic E-state index is 0.0511. The summed E-state index contributed by atoms with van der Waals surface area (Å²) >= 11 is 0. The highest BCUT2D eigenvalue weighted by Crippen LogP contribution is 2.33. The molecule has 1 heterocycles. The monoisotopic (exact) mass is 350 g/mol. The number of rotatable bonds is 3. The molecule has 0 spiro atoms. The van der Waals surface area contributed by atoms with Crippen LogP contribution in [0.3, 0.4) is 0 Å². The number of sulfone groups is 1. The third-order valence-corrected chi connectivity index (χ3v) is 4.76.